The van der Waals surface area contributed by atoms with Gasteiger partial charge in [0.25, 0.3) is 0 Å². The summed E-state index contributed by atoms with van der Waals surface area (Å²) < 4.78 is 0. The molecule has 2 aromatic carbocycles. The Kier molecular flexibility index (Phi) is 6.86. The minimum absolute atomic E-state index is 0.172. The Morgan fingerprint density at radius 2 is 1.78 bits per heavy atom. The van der Waals surface area contributed by atoms with Crippen LogP contribution in [0.2, 0.25) is 0 Å². The Labute approximate surface area is 210 Å². The van der Waals surface area contributed by atoms with Crippen molar-refractivity contribution in [1.29, 1.82) is 0 Å². The van der Waals surface area contributed by atoms with Gasteiger partial charge in [-0.05, 0) is 62.5 Å². The minimum atomic E-state index is -0.172. The van der Waals surface area contributed by atoms with Gasteiger partial charge >= 0.3 is 0 Å². The van der Waals surface area contributed by atoms with Gasteiger partial charge < -0.3 is 20.4 Å². The third-order valence-corrected chi connectivity index (χ3v) is 6.21. The first kappa shape index (κ1) is 23.4. The number of piperazine rings is 1. The number of anilines is 4. The molecule has 36 heavy (non-hydrogen) atoms. The van der Waals surface area contributed by atoms with Crippen LogP contribution in [0.5, 0.6) is 0 Å². The number of nitrogens with zero attached hydrogens (tertiary/aromatic N) is 5. The van der Waals surface area contributed by atoms with Crippen molar-refractivity contribution in [1.82, 2.24) is 19.9 Å². The van der Waals surface area contributed by atoms with E-state index in [2.05, 4.69) is 56.7 Å². The van der Waals surface area contributed by atoms with Gasteiger partial charge in [-0.2, -0.15) is 0 Å². The van der Waals surface area contributed by atoms with Crippen molar-refractivity contribution >= 4 is 39.8 Å². The number of amides is 1. The van der Waals surface area contributed by atoms with Crippen LogP contribution in [-0.2, 0) is 4.79 Å². The monoisotopic (exact) mass is 479 g/mol. The molecule has 3 heterocycles. The molecule has 5 rings (SSSR count). The van der Waals surface area contributed by atoms with Crippen LogP contribution >= 0.6 is 0 Å². The van der Waals surface area contributed by atoms with Crippen molar-refractivity contribution in [2.75, 3.05) is 48.8 Å². The lowest BCUT2D eigenvalue weighted by Crippen LogP contribution is -2.44. The van der Waals surface area contributed by atoms with Crippen molar-refractivity contribution in [3.05, 3.63) is 79.1 Å². The number of carbonyl (C=O) groups is 1. The van der Waals surface area contributed by atoms with E-state index in [4.69, 9.17) is 9.97 Å². The highest BCUT2D eigenvalue weighted by molar-refractivity contribution is 6.00. The van der Waals surface area contributed by atoms with E-state index in [0.717, 1.165) is 54.0 Å². The summed E-state index contributed by atoms with van der Waals surface area (Å²) in [6, 6.07) is 17.9. The van der Waals surface area contributed by atoms with Crippen LogP contribution in [0.4, 0.5) is 23.0 Å². The average Bonchev–Trinajstić information content (AvgIpc) is 2.89. The molecule has 1 amide bonds. The van der Waals surface area contributed by atoms with Gasteiger partial charge in [-0.1, -0.05) is 18.2 Å². The van der Waals surface area contributed by atoms with Crippen LogP contribution in [0.1, 0.15) is 6.92 Å². The van der Waals surface area contributed by atoms with Crippen LogP contribution in [0.15, 0.2) is 79.1 Å². The first-order valence-electron chi connectivity index (χ1n) is 12.1. The molecule has 0 spiro atoms. The van der Waals surface area contributed by atoms with E-state index < -0.39 is 0 Å². The van der Waals surface area contributed by atoms with E-state index in [1.807, 2.05) is 37.3 Å². The molecular weight excluding hydrogens is 450 g/mol. The molecule has 0 saturated carbocycles. The summed E-state index contributed by atoms with van der Waals surface area (Å²) in [6.45, 7) is 6.01. The normalized spacial score (nSPS) is 14.3. The van der Waals surface area contributed by atoms with Gasteiger partial charge in [0.1, 0.15) is 0 Å². The zero-order valence-corrected chi connectivity index (χ0v) is 20.5. The SMILES string of the molecule is C/C=C\C(=O)Nc1cccc(-c2nc(Nc3ccc(N4CCN(C)CC4)cc3)nc3cnccc23)c1. The lowest BCUT2D eigenvalue weighted by atomic mass is 10.1. The number of rotatable bonds is 6. The fourth-order valence-corrected chi connectivity index (χ4v) is 4.29. The first-order chi connectivity index (χ1) is 17.6. The predicted octanol–water partition coefficient (Wildman–Crippen LogP) is 4.70. The molecule has 1 aliphatic rings. The Morgan fingerprint density at radius 1 is 0.972 bits per heavy atom. The molecule has 8 heteroatoms. The number of benzene rings is 2. The third-order valence-electron chi connectivity index (χ3n) is 6.21. The number of likely N-dealkylation sites (N-methyl/N-ethyl adjacent to an activating group) is 1. The van der Waals surface area contributed by atoms with Gasteiger partial charge in [0.15, 0.2) is 0 Å². The van der Waals surface area contributed by atoms with E-state index in [1.165, 1.54) is 11.8 Å². The van der Waals surface area contributed by atoms with Crippen molar-refractivity contribution in [3.8, 4) is 11.3 Å². The quantitative estimate of drug-likeness (QED) is 0.388. The summed E-state index contributed by atoms with van der Waals surface area (Å²) in [5, 5.41) is 7.12. The number of carbonyl (C=O) groups excluding carboxylic acids is 1. The van der Waals surface area contributed by atoms with Gasteiger partial charge in [-0.3, -0.25) is 9.78 Å². The molecule has 8 nitrogen and oxygen atoms in total. The zero-order chi connectivity index (χ0) is 24.9. The molecule has 1 saturated heterocycles. The number of aromatic nitrogens is 3. The second-order valence-electron chi connectivity index (χ2n) is 8.82. The highest BCUT2D eigenvalue weighted by Gasteiger charge is 2.15. The first-order valence-corrected chi connectivity index (χ1v) is 12.1. The van der Waals surface area contributed by atoms with Gasteiger partial charge in [-0.25, -0.2) is 9.97 Å². The molecule has 0 unspecified atom stereocenters. The molecule has 182 valence electrons. The third kappa shape index (κ3) is 5.34. The summed E-state index contributed by atoms with van der Waals surface area (Å²) in [5.74, 6) is 0.315. The van der Waals surface area contributed by atoms with Crippen LogP contribution in [0.3, 0.4) is 0 Å². The average molecular weight is 480 g/mol. The zero-order valence-electron chi connectivity index (χ0n) is 20.5. The molecule has 0 atom stereocenters. The Morgan fingerprint density at radius 3 is 2.56 bits per heavy atom. The van der Waals surface area contributed by atoms with Crippen LogP contribution in [0.25, 0.3) is 22.2 Å². The molecule has 2 aromatic heterocycles. The molecular formula is C28H29N7O. The topological polar surface area (TPSA) is 86.3 Å². The van der Waals surface area contributed by atoms with Crippen molar-refractivity contribution in [2.45, 2.75) is 6.92 Å². The van der Waals surface area contributed by atoms with Gasteiger partial charge in [0.05, 0.1) is 17.4 Å². The van der Waals surface area contributed by atoms with Crippen molar-refractivity contribution in [3.63, 3.8) is 0 Å². The fourth-order valence-electron chi connectivity index (χ4n) is 4.29. The predicted molar refractivity (Wildman–Crippen MR) is 146 cm³/mol. The van der Waals surface area contributed by atoms with Crippen molar-refractivity contribution in [2.24, 2.45) is 0 Å². The Bertz CT molecular complexity index is 1390. The fraction of sp³-hybridized carbons (Fsp3) is 0.214. The maximum Gasteiger partial charge on any atom is 0.248 e. The van der Waals surface area contributed by atoms with Gasteiger partial charge in [-0.15, -0.1) is 0 Å². The molecule has 2 N–H and O–H groups in total. The number of pyridine rings is 1. The molecule has 4 aromatic rings. The summed E-state index contributed by atoms with van der Waals surface area (Å²) >= 11 is 0. The Balaban J connectivity index is 1.43. The summed E-state index contributed by atoms with van der Waals surface area (Å²) in [4.78, 5) is 30.6. The van der Waals surface area contributed by atoms with Crippen LogP contribution in [-0.4, -0.2) is 59.0 Å². The van der Waals surface area contributed by atoms with Gasteiger partial charge in [0.2, 0.25) is 11.9 Å². The maximum absolute atomic E-state index is 12.0. The number of hydrogen-bond acceptors (Lipinski definition) is 7. The van der Waals surface area contributed by atoms with E-state index >= 15 is 0 Å². The van der Waals surface area contributed by atoms with Crippen LogP contribution in [0, 0.1) is 0 Å². The van der Waals surface area contributed by atoms with Crippen molar-refractivity contribution < 1.29 is 4.79 Å². The molecule has 1 fully saturated rings. The van der Waals surface area contributed by atoms with Gasteiger partial charge in [0, 0.05) is 60.4 Å². The number of allylic oxidation sites excluding steroid dienone is 1. The smallest absolute Gasteiger partial charge is 0.248 e. The van der Waals surface area contributed by atoms with E-state index in [-0.39, 0.29) is 5.91 Å². The number of fused-ring (bicyclic) bond motifs is 1. The summed E-state index contributed by atoms with van der Waals surface area (Å²) in [6.07, 6.45) is 6.67. The van der Waals surface area contributed by atoms with E-state index in [0.29, 0.717) is 11.6 Å². The highest BCUT2D eigenvalue weighted by atomic mass is 16.1. The molecule has 1 aliphatic heterocycles. The highest BCUT2D eigenvalue weighted by Crippen LogP contribution is 2.30. The lowest BCUT2D eigenvalue weighted by Gasteiger charge is -2.34. The number of nitrogens with one attached hydrogen (secondary N) is 2. The maximum atomic E-state index is 12.0. The van der Waals surface area contributed by atoms with E-state index in [1.54, 1.807) is 18.5 Å². The van der Waals surface area contributed by atoms with Crippen LogP contribution < -0.4 is 15.5 Å². The standard InChI is InChI=1S/C28H29N7O/c1-3-5-26(36)30-22-7-4-6-20(18-22)27-24-12-13-29-19-25(24)32-28(33-27)31-21-8-10-23(11-9-21)35-16-14-34(2)15-17-35/h3-13,18-19H,14-17H2,1-2H3,(H,30,36)(H,31,32,33)/b5-3-. The summed E-state index contributed by atoms with van der Waals surface area (Å²) in [7, 11) is 2.16. The second kappa shape index (κ2) is 10.5. The molecule has 0 aliphatic carbocycles. The second-order valence-corrected chi connectivity index (χ2v) is 8.82. The lowest BCUT2D eigenvalue weighted by molar-refractivity contribution is -0.111. The number of hydrogen-bond donors (Lipinski definition) is 2. The Hall–Kier alpha value is -4.30. The largest absolute Gasteiger partial charge is 0.369 e. The molecule has 0 radical (unpaired) electrons. The van der Waals surface area contributed by atoms with E-state index in [9.17, 15) is 4.79 Å². The minimum Gasteiger partial charge on any atom is -0.369 e. The molecule has 0 bridgehead atoms. The summed E-state index contributed by atoms with van der Waals surface area (Å²) in [5.41, 5.74) is 5.21.